The maximum atomic E-state index is 12.5. The molecule has 0 saturated heterocycles. The summed E-state index contributed by atoms with van der Waals surface area (Å²) in [6.07, 6.45) is 6.16. The van der Waals surface area contributed by atoms with E-state index in [2.05, 4.69) is 15.3 Å². The van der Waals surface area contributed by atoms with Crippen molar-refractivity contribution < 1.29 is 14.3 Å². The molecule has 1 N–H and O–H groups in total. The van der Waals surface area contributed by atoms with Crippen LogP contribution in [-0.2, 0) is 22.4 Å². The highest BCUT2D eigenvalue weighted by atomic mass is 32.2. The second-order valence-corrected chi connectivity index (χ2v) is 8.76. The summed E-state index contributed by atoms with van der Waals surface area (Å²) in [6.45, 7) is 2.07. The van der Waals surface area contributed by atoms with Crippen LogP contribution >= 0.6 is 23.1 Å². The minimum Gasteiger partial charge on any atom is -0.462 e. The van der Waals surface area contributed by atoms with Crippen molar-refractivity contribution in [3.8, 4) is 0 Å². The fraction of sp³-hybridized carbons (Fsp3) is 0.333. The number of aryl methyl sites for hydroxylation is 2. The van der Waals surface area contributed by atoms with Crippen molar-refractivity contribution in [2.24, 2.45) is 0 Å². The first-order valence-electron chi connectivity index (χ1n) is 9.60. The molecular formula is C21H21N3O3S2. The molecule has 8 heteroatoms. The van der Waals surface area contributed by atoms with E-state index in [9.17, 15) is 9.59 Å². The fourth-order valence-electron chi connectivity index (χ4n) is 3.44. The highest BCUT2D eigenvalue weighted by Crippen LogP contribution is 2.39. The van der Waals surface area contributed by atoms with Gasteiger partial charge in [-0.1, -0.05) is 17.8 Å². The van der Waals surface area contributed by atoms with E-state index >= 15 is 0 Å². The molecule has 1 aromatic carbocycles. The van der Waals surface area contributed by atoms with Crippen LogP contribution in [0.1, 0.15) is 40.6 Å². The van der Waals surface area contributed by atoms with Gasteiger partial charge in [-0.25, -0.2) is 14.8 Å². The molecule has 0 fully saturated rings. The number of ether oxygens (including phenoxy) is 1. The molecule has 0 aliphatic heterocycles. The summed E-state index contributed by atoms with van der Waals surface area (Å²) in [5.41, 5.74) is 2.35. The fourth-order valence-corrected chi connectivity index (χ4v) is 5.56. The van der Waals surface area contributed by atoms with Gasteiger partial charge in [-0.3, -0.25) is 4.79 Å². The number of hydrogen-bond donors (Lipinski definition) is 1. The summed E-state index contributed by atoms with van der Waals surface area (Å²) in [4.78, 5) is 35.6. The lowest BCUT2D eigenvalue weighted by atomic mass is 9.97. The van der Waals surface area contributed by atoms with Crippen molar-refractivity contribution in [3.05, 3.63) is 46.6 Å². The number of nitrogens with zero attached hydrogens (tertiary/aromatic N) is 2. The molecule has 29 heavy (non-hydrogen) atoms. The predicted octanol–water partition coefficient (Wildman–Crippen LogP) is 4.48. The quantitative estimate of drug-likeness (QED) is 0.355. The van der Waals surface area contributed by atoms with E-state index in [1.807, 2.05) is 0 Å². The first-order chi connectivity index (χ1) is 14.2. The summed E-state index contributed by atoms with van der Waals surface area (Å²) < 4.78 is 5.00. The number of thioether (sulfide) groups is 1. The number of esters is 1. The number of fused-ring (bicyclic) bond motifs is 3. The SMILES string of the molecule is CCOC(=O)c1cccc(NC(=O)CSc2ncnc3sc4c(c23)CCCC4)c1. The van der Waals surface area contributed by atoms with Crippen LogP contribution in [0.3, 0.4) is 0 Å². The van der Waals surface area contributed by atoms with Gasteiger partial charge >= 0.3 is 5.97 Å². The van der Waals surface area contributed by atoms with Crippen LogP contribution in [0.2, 0.25) is 0 Å². The van der Waals surface area contributed by atoms with E-state index < -0.39 is 5.97 Å². The smallest absolute Gasteiger partial charge is 0.338 e. The zero-order valence-electron chi connectivity index (χ0n) is 16.1. The third-order valence-electron chi connectivity index (χ3n) is 4.71. The van der Waals surface area contributed by atoms with Crippen LogP contribution in [0.25, 0.3) is 10.2 Å². The van der Waals surface area contributed by atoms with Gasteiger partial charge in [-0.05, 0) is 56.4 Å². The topological polar surface area (TPSA) is 81.2 Å². The van der Waals surface area contributed by atoms with Gasteiger partial charge in [0.15, 0.2) is 0 Å². The zero-order valence-corrected chi connectivity index (χ0v) is 17.7. The molecule has 6 nitrogen and oxygen atoms in total. The Morgan fingerprint density at radius 3 is 2.97 bits per heavy atom. The first kappa shape index (κ1) is 19.8. The van der Waals surface area contributed by atoms with Gasteiger partial charge in [0.05, 0.1) is 17.9 Å². The van der Waals surface area contributed by atoms with Crippen LogP contribution in [0, 0.1) is 0 Å². The minimum absolute atomic E-state index is 0.146. The lowest BCUT2D eigenvalue weighted by Gasteiger charge is -2.11. The number of carbonyl (C=O) groups is 2. The Labute approximate surface area is 177 Å². The van der Waals surface area contributed by atoms with Crippen LogP contribution in [0.4, 0.5) is 5.69 Å². The highest BCUT2D eigenvalue weighted by molar-refractivity contribution is 8.00. The molecule has 2 aromatic heterocycles. The number of benzene rings is 1. The Balaban J connectivity index is 1.45. The van der Waals surface area contributed by atoms with Crippen molar-refractivity contribution >= 4 is 50.9 Å². The summed E-state index contributed by atoms with van der Waals surface area (Å²) in [6, 6.07) is 6.77. The standard InChI is InChI=1S/C21H21N3O3S2/c1-2-27-21(26)13-6-5-7-14(10-13)24-17(25)11-28-19-18-15-8-3-4-9-16(15)29-20(18)23-12-22-19/h5-7,10,12H,2-4,8-9,11H2,1H3,(H,24,25). The molecule has 4 rings (SSSR count). The van der Waals surface area contributed by atoms with Gasteiger partial charge in [0.2, 0.25) is 5.91 Å². The molecule has 1 aliphatic carbocycles. The number of hydrogen-bond acceptors (Lipinski definition) is 7. The average molecular weight is 428 g/mol. The summed E-state index contributed by atoms with van der Waals surface area (Å²) >= 11 is 3.18. The number of anilines is 1. The Morgan fingerprint density at radius 1 is 1.24 bits per heavy atom. The van der Waals surface area contributed by atoms with E-state index in [1.54, 1.807) is 48.9 Å². The lowest BCUT2D eigenvalue weighted by molar-refractivity contribution is -0.113. The van der Waals surface area contributed by atoms with Crippen molar-refractivity contribution in [1.82, 2.24) is 9.97 Å². The summed E-state index contributed by atoms with van der Waals surface area (Å²) in [5, 5.41) is 4.83. The molecule has 0 bridgehead atoms. The average Bonchev–Trinajstić information content (AvgIpc) is 3.12. The van der Waals surface area contributed by atoms with Crippen LogP contribution < -0.4 is 5.32 Å². The maximum Gasteiger partial charge on any atom is 0.338 e. The number of aromatic nitrogens is 2. The van der Waals surface area contributed by atoms with Gasteiger partial charge in [0.25, 0.3) is 0 Å². The third kappa shape index (κ3) is 4.43. The Morgan fingerprint density at radius 2 is 2.10 bits per heavy atom. The molecule has 2 heterocycles. The highest BCUT2D eigenvalue weighted by Gasteiger charge is 2.20. The largest absolute Gasteiger partial charge is 0.462 e. The normalized spacial score (nSPS) is 13.1. The molecule has 1 aliphatic rings. The van der Waals surface area contributed by atoms with Gasteiger partial charge in [-0.2, -0.15) is 0 Å². The van der Waals surface area contributed by atoms with Gasteiger partial charge in [-0.15, -0.1) is 11.3 Å². The van der Waals surface area contributed by atoms with E-state index in [4.69, 9.17) is 4.74 Å². The van der Waals surface area contributed by atoms with E-state index in [1.165, 1.54) is 35.0 Å². The predicted molar refractivity (Wildman–Crippen MR) is 116 cm³/mol. The van der Waals surface area contributed by atoms with Crippen LogP contribution in [0.5, 0.6) is 0 Å². The molecule has 1 amide bonds. The number of amides is 1. The Hall–Kier alpha value is -2.45. The summed E-state index contributed by atoms with van der Waals surface area (Å²) in [7, 11) is 0. The molecule has 3 aromatic rings. The second-order valence-electron chi connectivity index (χ2n) is 6.71. The van der Waals surface area contributed by atoms with Gasteiger partial charge < -0.3 is 10.1 Å². The van der Waals surface area contributed by atoms with Crippen molar-refractivity contribution in [3.63, 3.8) is 0 Å². The molecule has 0 saturated carbocycles. The monoisotopic (exact) mass is 427 g/mol. The zero-order chi connectivity index (χ0) is 20.2. The van der Waals surface area contributed by atoms with Gasteiger partial charge in [0, 0.05) is 16.0 Å². The Kier molecular flexibility index (Phi) is 6.10. The van der Waals surface area contributed by atoms with E-state index in [0.717, 1.165) is 28.1 Å². The molecule has 0 spiro atoms. The summed E-state index contributed by atoms with van der Waals surface area (Å²) in [5.74, 6) is -0.309. The number of nitrogens with one attached hydrogen (secondary N) is 1. The maximum absolute atomic E-state index is 12.5. The van der Waals surface area contributed by atoms with Crippen molar-refractivity contribution in [2.75, 3.05) is 17.7 Å². The molecule has 150 valence electrons. The van der Waals surface area contributed by atoms with Crippen LogP contribution in [0.15, 0.2) is 35.6 Å². The second kappa shape index (κ2) is 8.92. The molecule has 0 unspecified atom stereocenters. The van der Waals surface area contributed by atoms with Crippen molar-refractivity contribution in [2.45, 2.75) is 37.6 Å². The lowest BCUT2D eigenvalue weighted by Crippen LogP contribution is -2.15. The first-order valence-corrected chi connectivity index (χ1v) is 11.4. The van der Waals surface area contributed by atoms with E-state index in [-0.39, 0.29) is 11.7 Å². The number of carbonyl (C=O) groups excluding carboxylic acids is 2. The molecular weight excluding hydrogens is 406 g/mol. The Bertz CT molecular complexity index is 1060. The van der Waals surface area contributed by atoms with E-state index in [0.29, 0.717) is 17.9 Å². The third-order valence-corrected chi connectivity index (χ3v) is 6.90. The minimum atomic E-state index is -0.399. The molecule has 0 atom stereocenters. The van der Waals surface area contributed by atoms with Crippen LogP contribution in [-0.4, -0.2) is 34.2 Å². The number of thiophene rings is 1. The molecule has 0 radical (unpaired) electrons. The van der Waals surface area contributed by atoms with Gasteiger partial charge in [0.1, 0.15) is 16.2 Å². The van der Waals surface area contributed by atoms with Crippen molar-refractivity contribution in [1.29, 1.82) is 0 Å². The number of rotatable bonds is 6.